The van der Waals surface area contributed by atoms with Crippen molar-refractivity contribution in [1.29, 1.82) is 0 Å². The zero-order valence-electron chi connectivity index (χ0n) is 16.2. The highest BCUT2D eigenvalue weighted by atomic mass is 15.1. The van der Waals surface area contributed by atoms with Crippen molar-refractivity contribution in [3.05, 3.63) is 97.0 Å². The Hall–Kier alpha value is -3.33. The minimum Gasteiger partial charge on any atom is -0.388 e. The fraction of sp³-hybridized carbons (Fsp3) is 0.125. The lowest BCUT2D eigenvalue weighted by atomic mass is 10.1. The number of benzene rings is 2. The summed E-state index contributed by atoms with van der Waals surface area (Å²) < 4.78 is 2.21. The molecule has 0 saturated heterocycles. The van der Waals surface area contributed by atoms with Crippen LogP contribution in [0.3, 0.4) is 0 Å². The fourth-order valence-corrected chi connectivity index (χ4v) is 3.15. The molecule has 2 aromatic carbocycles. The number of para-hydroxylation sites is 1. The van der Waals surface area contributed by atoms with E-state index in [0.717, 1.165) is 22.8 Å². The zero-order chi connectivity index (χ0) is 19.2. The van der Waals surface area contributed by atoms with Crippen molar-refractivity contribution in [2.24, 2.45) is 7.05 Å². The van der Waals surface area contributed by atoms with E-state index in [2.05, 4.69) is 96.0 Å². The monoisotopic (exact) mass is 356 g/mol. The summed E-state index contributed by atoms with van der Waals surface area (Å²) in [6, 6.07) is 20.9. The first-order chi connectivity index (χ1) is 13.1. The van der Waals surface area contributed by atoms with Crippen molar-refractivity contribution in [2.45, 2.75) is 6.92 Å². The molecule has 0 bridgehead atoms. The second-order valence-electron chi connectivity index (χ2n) is 6.40. The maximum Gasteiger partial charge on any atom is 0.212 e. The van der Waals surface area contributed by atoms with Gasteiger partial charge in [-0.3, -0.25) is 0 Å². The molecule has 136 valence electrons. The third kappa shape index (κ3) is 4.09. The zero-order valence-corrected chi connectivity index (χ0v) is 16.2. The Labute approximate surface area is 161 Å². The summed E-state index contributed by atoms with van der Waals surface area (Å²) in [7, 11) is 4.03. The van der Waals surface area contributed by atoms with E-state index in [4.69, 9.17) is 0 Å². The lowest BCUT2D eigenvalue weighted by Crippen LogP contribution is -2.32. The Kier molecular flexibility index (Phi) is 5.72. The Morgan fingerprint density at radius 3 is 2.56 bits per heavy atom. The van der Waals surface area contributed by atoms with Crippen molar-refractivity contribution in [3.63, 3.8) is 0 Å². The summed E-state index contributed by atoms with van der Waals surface area (Å²) in [5.41, 5.74) is 5.68. The van der Waals surface area contributed by atoms with Crippen LogP contribution in [0.2, 0.25) is 0 Å². The fourth-order valence-electron chi connectivity index (χ4n) is 3.15. The van der Waals surface area contributed by atoms with Crippen LogP contribution in [0.25, 0.3) is 17.0 Å². The van der Waals surface area contributed by atoms with Gasteiger partial charge in [0.1, 0.15) is 7.05 Å². The van der Waals surface area contributed by atoms with E-state index in [1.165, 1.54) is 10.9 Å². The highest BCUT2D eigenvalue weighted by Gasteiger charge is 2.09. The number of allylic oxidation sites excluding steroid dienone is 3. The minimum absolute atomic E-state index is 1.10. The highest BCUT2D eigenvalue weighted by molar-refractivity contribution is 5.80. The van der Waals surface area contributed by atoms with E-state index in [-0.39, 0.29) is 0 Å². The molecule has 1 heterocycles. The van der Waals surface area contributed by atoms with Gasteiger partial charge in [-0.25, -0.2) is 0 Å². The summed E-state index contributed by atoms with van der Waals surface area (Å²) in [5.74, 6) is 0. The molecule has 0 aliphatic carbocycles. The standard InChI is InChI=1S/C24H26N3/c1-5-27(23-11-7-6-8-12-23)19(2)10-9-13-22-16-14-20-18-21(25-3)15-17-24(20)26(22)4/h5-18,25H,1H2,2-4H3/q+1. The van der Waals surface area contributed by atoms with Gasteiger partial charge < -0.3 is 10.2 Å². The van der Waals surface area contributed by atoms with Crippen LogP contribution in [0.4, 0.5) is 11.4 Å². The van der Waals surface area contributed by atoms with Crippen LogP contribution >= 0.6 is 0 Å². The summed E-state index contributed by atoms with van der Waals surface area (Å²) >= 11 is 0. The normalized spacial score (nSPS) is 11.7. The van der Waals surface area contributed by atoms with Crippen molar-refractivity contribution in [3.8, 4) is 0 Å². The topological polar surface area (TPSA) is 19.1 Å². The summed E-state index contributed by atoms with van der Waals surface area (Å²) in [4.78, 5) is 2.07. The number of nitrogens with one attached hydrogen (secondary N) is 1. The van der Waals surface area contributed by atoms with E-state index < -0.39 is 0 Å². The van der Waals surface area contributed by atoms with Gasteiger partial charge >= 0.3 is 0 Å². The van der Waals surface area contributed by atoms with Crippen LogP contribution in [0, 0.1) is 0 Å². The number of pyridine rings is 1. The molecule has 0 radical (unpaired) electrons. The lowest BCUT2D eigenvalue weighted by Gasteiger charge is -2.20. The SMILES string of the molecule is C=CN(/C(C)=C/C=C/c1ccc2cc(NC)ccc2[n+]1C)c1ccccc1. The largest absolute Gasteiger partial charge is 0.388 e. The van der Waals surface area contributed by atoms with Gasteiger partial charge in [0.15, 0.2) is 0 Å². The molecule has 0 aliphatic rings. The second kappa shape index (κ2) is 8.37. The molecule has 0 fully saturated rings. The van der Waals surface area contributed by atoms with Crippen LogP contribution in [0.5, 0.6) is 0 Å². The van der Waals surface area contributed by atoms with E-state index in [1.54, 1.807) is 0 Å². The lowest BCUT2D eigenvalue weighted by molar-refractivity contribution is -0.646. The van der Waals surface area contributed by atoms with Gasteiger partial charge in [0, 0.05) is 53.9 Å². The first kappa shape index (κ1) is 18.5. The molecule has 0 unspecified atom stereocenters. The summed E-state index contributed by atoms with van der Waals surface area (Å²) in [5, 5.41) is 4.40. The van der Waals surface area contributed by atoms with Gasteiger partial charge in [-0.15, -0.1) is 0 Å². The molecule has 27 heavy (non-hydrogen) atoms. The molecule has 0 saturated carbocycles. The smallest absolute Gasteiger partial charge is 0.212 e. The van der Waals surface area contributed by atoms with Gasteiger partial charge in [0.25, 0.3) is 0 Å². The number of hydrogen-bond acceptors (Lipinski definition) is 2. The average Bonchev–Trinajstić information content (AvgIpc) is 2.71. The van der Waals surface area contributed by atoms with Gasteiger partial charge in [0.2, 0.25) is 11.2 Å². The Balaban J connectivity index is 1.86. The molecule has 3 nitrogen and oxygen atoms in total. The van der Waals surface area contributed by atoms with Crippen LogP contribution in [-0.2, 0) is 7.05 Å². The Morgan fingerprint density at radius 2 is 1.85 bits per heavy atom. The van der Waals surface area contributed by atoms with Crippen LogP contribution in [0.1, 0.15) is 12.6 Å². The molecule has 3 rings (SSSR count). The molecular weight excluding hydrogens is 330 g/mol. The molecule has 0 amide bonds. The van der Waals surface area contributed by atoms with Gasteiger partial charge in [0.05, 0.1) is 0 Å². The molecule has 1 N–H and O–H groups in total. The number of nitrogens with zero attached hydrogens (tertiary/aromatic N) is 2. The third-order valence-electron chi connectivity index (χ3n) is 4.70. The number of fused-ring (bicyclic) bond motifs is 1. The number of anilines is 2. The Bertz CT molecular complexity index is 1000. The number of aryl methyl sites for hydroxylation is 1. The van der Waals surface area contributed by atoms with Crippen molar-refractivity contribution < 1.29 is 4.57 Å². The minimum atomic E-state index is 1.10. The number of rotatable bonds is 6. The van der Waals surface area contributed by atoms with Crippen molar-refractivity contribution in [1.82, 2.24) is 0 Å². The molecule has 1 aromatic heterocycles. The van der Waals surface area contributed by atoms with E-state index in [1.807, 2.05) is 31.4 Å². The maximum absolute atomic E-state index is 3.94. The van der Waals surface area contributed by atoms with Crippen LogP contribution in [0.15, 0.2) is 91.3 Å². The predicted octanol–water partition coefficient (Wildman–Crippen LogP) is 5.27. The first-order valence-electron chi connectivity index (χ1n) is 9.06. The predicted molar refractivity (Wildman–Crippen MR) is 117 cm³/mol. The van der Waals surface area contributed by atoms with Crippen molar-refractivity contribution in [2.75, 3.05) is 17.3 Å². The molecule has 0 atom stereocenters. The molecule has 0 spiro atoms. The second-order valence-corrected chi connectivity index (χ2v) is 6.40. The van der Waals surface area contributed by atoms with E-state index in [9.17, 15) is 0 Å². The Morgan fingerprint density at radius 1 is 1.07 bits per heavy atom. The average molecular weight is 356 g/mol. The van der Waals surface area contributed by atoms with Crippen LogP contribution in [-0.4, -0.2) is 7.05 Å². The van der Waals surface area contributed by atoms with E-state index in [0.29, 0.717) is 0 Å². The van der Waals surface area contributed by atoms with Gasteiger partial charge in [-0.05, 0) is 43.3 Å². The maximum atomic E-state index is 3.94. The van der Waals surface area contributed by atoms with E-state index >= 15 is 0 Å². The first-order valence-corrected chi connectivity index (χ1v) is 9.06. The summed E-state index contributed by atoms with van der Waals surface area (Å²) in [6.07, 6.45) is 8.15. The molecular formula is C24H26N3+. The third-order valence-corrected chi connectivity index (χ3v) is 4.70. The van der Waals surface area contributed by atoms with Crippen LogP contribution < -0.4 is 14.8 Å². The molecule has 0 aliphatic heterocycles. The quantitative estimate of drug-likeness (QED) is 0.479. The highest BCUT2D eigenvalue weighted by Crippen LogP contribution is 2.19. The molecule has 3 aromatic rings. The van der Waals surface area contributed by atoms with Gasteiger partial charge in [-0.1, -0.05) is 30.9 Å². The van der Waals surface area contributed by atoms with Crippen molar-refractivity contribution >= 4 is 28.4 Å². The summed E-state index contributed by atoms with van der Waals surface area (Å²) in [6.45, 7) is 6.02. The number of aromatic nitrogens is 1. The number of hydrogen-bond donors (Lipinski definition) is 1. The van der Waals surface area contributed by atoms with Gasteiger partial charge in [-0.2, -0.15) is 4.57 Å². The molecule has 3 heteroatoms.